The van der Waals surface area contributed by atoms with Crippen molar-refractivity contribution in [2.45, 2.75) is 65.4 Å². The Balaban J connectivity index is 1.96. The van der Waals surface area contributed by atoms with Gasteiger partial charge in [0, 0.05) is 6.61 Å². The van der Waals surface area contributed by atoms with Crippen LogP contribution >= 0.6 is 0 Å². The van der Waals surface area contributed by atoms with Crippen LogP contribution in [0.2, 0.25) is 0 Å². The molecule has 3 saturated carbocycles. The molecule has 0 amide bonds. The molecule has 0 saturated heterocycles. The van der Waals surface area contributed by atoms with Gasteiger partial charge in [0.25, 0.3) is 0 Å². The van der Waals surface area contributed by atoms with E-state index in [1.165, 1.54) is 32.1 Å². The number of aliphatic hydroxyl groups is 2. The van der Waals surface area contributed by atoms with Gasteiger partial charge in [0.1, 0.15) is 0 Å². The smallest absolute Gasteiger partial charge is 0.0598 e. The van der Waals surface area contributed by atoms with Crippen molar-refractivity contribution in [2.24, 2.45) is 34.5 Å². The fraction of sp³-hybridized carbons (Fsp3) is 1.00. The van der Waals surface area contributed by atoms with Gasteiger partial charge in [0.05, 0.1) is 6.10 Å². The summed E-state index contributed by atoms with van der Waals surface area (Å²) in [7, 11) is 0. The molecule has 3 rings (SSSR count). The lowest BCUT2D eigenvalue weighted by Gasteiger charge is -2.44. The topological polar surface area (TPSA) is 40.5 Å². The molecule has 2 heteroatoms. The van der Waals surface area contributed by atoms with Gasteiger partial charge in [-0.15, -0.1) is 0 Å². The summed E-state index contributed by atoms with van der Waals surface area (Å²) in [6, 6.07) is 0. The normalized spacial score (nSPS) is 49.1. The molecule has 0 aliphatic heterocycles. The predicted molar refractivity (Wildman–Crippen MR) is 76.6 cm³/mol. The van der Waals surface area contributed by atoms with Crippen LogP contribution in [0.1, 0.15) is 59.3 Å². The van der Waals surface area contributed by atoms with Crippen LogP contribution in [0.4, 0.5) is 0 Å². The largest absolute Gasteiger partial charge is 0.396 e. The Morgan fingerprint density at radius 3 is 2.58 bits per heavy atom. The third-order valence-corrected chi connectivity index (χ3v) is 7.05. The van der Waals surface area contributed by atoms with Gasteiger partial charge in [-0.2, -0.15) is 0 Å². The van der Waals surface area contributed by atoms with E-state index in [4.69, 9.17) is 0 Å². The minimum atomic E-state index is -0.290. The highest BCUT2D eigenvalue weighted by Crippen LogP contribution is 2.71. The summed E-state index contributed by atoms with van der Waals surface area (Å²) in [5.74, 6) is 2.75. The van der Waals surface area contributed by atoms with Gasteiger partial charge in [-0.1, -0.05) is 27.2 Å². The maximum Gasteiger partial charge on any atom is 0.0598 e. The van der Waals surface area contributed by atoms with Crippen LogP contribution in [-0.4, -0.2) is 22.9 Å². The van der Waals surface area contributed by atoms with E-state index in [1.54, 1.807) is 0 Å². The standard InChI is InChI=1S/C17H30O2/c1-16(2)8-4-9-17(3)12-6-5-11(14(12)16)15(17)13(19)7-10-18/h11-15,18-19H,4-10H2,1-3H3/t11-,12+,13-,14-,15+,17-/m0/s1. The fourth-order valence-electron chi connectivity index (χ4n) is 6.51. The quantitative estimate of drug-likeness (QED) is 0.823. The molecule has 0 aromatic heterocycles. The van der Waals surface area contributed by atoms with Gasteiger partial charge in [0.2, 0.25) is 0 Å². The van der Waals surface area contributed by atoms with Crippen LogP contribution in [0, 0.1) is 34.5 Å². The molecule has 0 aromatic carbocycles. The first-order chi connectivity index (χ1) is 8.92. The monoisotopic (exact) mass is 266 g/mol. The van der Waals surface area contributed by atoms with Crippen LogP contribution in [0.15, 0.2) is 0 Å². The summed E-state index contributed by atoms with van der Waals surface area (Å²) in [6.45, 7) is 7.47. The van der Waals surface area contributed by atoms with Crippen LogP contribution in [-0.2, 0) is 0 Å². The molecule has 3 fully saturated rings. The highest BCUT2D eigenvalue weighted by Gasteiger charge is 2.65. The minimum absolute atomic E-state index is 0.124. The zero-order valence-electron chi connectivity index (χ0n) is 12.7. The number of hydrogen-bond acceptors (Lipinski definition) is 2. The molecular weight excluding hydrogens is 236 g/mol. The van der Waals surface area contributed by atoms with Crippen molar-refractivity contribution in [3.63, 3.8) is 0 Å². The van der Waals surface area contributed by atoms with Crippen LogP contribution in [0.3, 0.4) is 0 Å². The third kappa shape index (κ3) is 1.82. The van der Waals surface area contributed by atoms with Crippen molar-refractivity contribution < 1.29 is 10.2 Å². The Bertz CT molecular complexity index is 351. The van der Waals surface area contributed by atoms with E-state index in [9.17, 15) is 10.2 Å². The van der Waals surface area contributed by atoms with Gasteiger partial charge in [-0.05, 0) is 66.6 Å². The van der Waals surface area contributed by atoms with Crippen molar-refractivity contribution >= 4 is 0 Å². The van der Waals surface area contributed by atoms with Crippen molar-refractivity contribution in [2.75, 3.05) is 6.61 Å². The zero-order chi connectivity index (χ0) is 13.8. The Morgan fingerprint density at radius 2 is 1.89 bits per heavy atom. The van der Waals surface area contributed by atoms with E-state index in [-0.39, 0.29) is 12.7 Å². The van der Waals surface area contributed by atoms with E-state index in [0.717, 1.165) is 11.8 Å². The summed E-state index contributed by atoms with van der Waals surface area (Å²) in [4.78, 5) is 0. The van der Waals surface area contributed by atoms with Gasteiger partial charge in [0.15, 0.2) is 0 Å². The number of rotatable bonds is 3. The summed E-state index contributed by atoms with van der Waals surface area (Å²) in [6.07, 6.45) is 6.90. The van der Waals surface area contributed by atoms with Gasteiger partial charge < -0.3 is 10.2 Å². The number of aliphatic hydroxyl groups excluding tert-OH is 2. The summed E-state index contributed by atoms with van der Waals surface area (Å²) >= 11 is 0. The number of hydrogen-bond donors (Lipinski definition) is 2. The van der Waals surface area contributed by atoms with E-state index >= 15 is 0 Å². The zero-order valence-corrected chi connectivity index (χ0v) is 12.7. The van der Waals surface area contributed by atoms with Crippen LogP contribution in [0.25, 0.3) is 0 Å². The Hall–Kier alpha value is -0.0800. The first-order valence-electron chi connectivity index (χ1n) is 8.21. The Labute approximate surface area is 117 Å². The maximum absolute atomic E-state index is 10.6. The maximum atomic E-state index is 10.6. The fourth-order valence-corrected chi connectivity index (χ4v) is 6.51. The van der Waals surface area contributed by atoms with Crippen LogP contribution < -0.4 is 0 Å². The highest BCUT2D eigenvalue weighted by atomic mass is 16.3. The average Bonchev–Trinajstić information content (AvgIpc) is 2.80. The molecule has 2 N–H and O–H groups in total. The second-order valence-electron chi connectivity index (χ2n) is 8.33. The first-order valence-corrected chi connectivity index (χ1v) is 8.21. The average molecular weight is 266 g/mol. The molecule has 0 aromatic rings. The summed E-state index contributed by atoms with van der Waals surface area (Å²) in [5, 5.41) is 19.8. The van der Waals surface area contributed by atoms with Gasteiger partial charge in [-0.3, -0.25) is 0 Å². The molecule has 3 aliphatic rings. The van der Waals surface area contributed by atoms with E-state index in [1.807, 2.05) is 0 Å². The van der Waals surface area contributed by atoms with Crippen molar-refractivity contribution in [1.82, 2.24) is 0 Å². The van der Waals surface area contributed by atoms with Gasteiger partial charge in [-0.25, -0.2) is 0 Å². The first kappa shape index (κ1) is 13.9. The summed E-state index contributed by atoms with van der Waals surface area (Å²) < 4.78 is 0. The third-order valence-electron chi connectivity index (χ3n) is 7.05. The second-order valence-corrected chi connectivity index (χ2v) is 8.33. The molecular formula is C17H30O2. The lowest BCUT2D eigenvalue weighted by atomic mass is 9.62. The summed E-state index contributed by atoms with van der Waals surface area (Å²) in [5.41, 5.74) is 0.771. The Morgan fingerprint density at radius 1 is 1.16 bits per heavy atom. The minimum Gasteiger partial charge on any atom is -0.396 e. The predicted octanol–water partition coefficient (Wildman–Crippen LogP) is 3.22. The molecule has 2 nitrogen and oxygen atoms in total. The molecule has 6 atom stereocenters. The molecule has 4 bridgehead atoms. The molecule has 110 valence electrons. The molecule has 0 heterocycles. The molecule has 0 unspecified atom stereocenters. The van der Waals surface area contributed by atoms with Crippen molar-refractivity contribution in [3.05, 3.63) is 0 Å². The molecule has 0 radical (unpaired) electrons. The molecule has 19 heavy (non-hydrogen) atoms. The van der Waals surface area contributed by atoms with E-state index in [0.29, 0.717) is 29.1 Å². The molecule has 3 aliphatic carbocycles. The highest BCUT2D eigenvalue weighted by molar-refractivity contribution is 5.14. The lowest BCUT2D eigenvalue weighted by molar-refractivity contribution is -0.0310. The molecule has 0 spiro atoms. The Kier molecular flexibility index (Phi) is 3.26. The van der Waals surface area contributed by atoms with Gasteiger partial charge >= 0.3 is 0 Å². The van der Waals surface area contributed by atoms with Crippen LogP contribution in [0.5, 0.6) is 0 Å². The van der Waals surface area contributed by atoms with E-state index < -0.39 is 0 Å². The van der Waals surface area contributed by atoms with Crippen molar-refractivity contribution in [1.29, 1.82) is 0 Å². The van der Waals surface area contributed by atoms with Crippen molar-refractivity contribution in [3.8, 4) is 0 Å². The second kappa shape index (κ2) is 4.46. The van der Waals surface area contributed by atoms with E-state index in [2.05, 4.69) is 20.8 Å². The lowest BCUT2D eigenvalue weighted by Crippen LogP contribution is -2.41. The SMILES string of the molecule is CC1(C)CCC[C@]2(C)[C@@H]([C@@H](O)CCO)[C@H]3CC[C@@H]2[C@H]31.